The first-order valence-electron chi connectivity index (χ1n) is 2.51. The molecule has 1 rings (SSSR count). The number of halogens is 3. The van der Waals surface area contributed by atoms with Crippen LogP contribution in [0.5, 0.6) is 0 Å². The van der Waals surface area contributed by atoms with E-state index in [2.05, 4.69) is 15.9 Å². The molecular formula is C6H2BBrClF. The van der Waals surface area contributed by atoms with Crippen molar-refractivity contribution in [2.45, 2.75) is 0 Å². The van der Waals surface area contributed by atoms with Gasteiger partial charge in [-0.3, -0.25) is 0 Å². The van der Waals surface area contributed by atoms with Crippen molar-refractivity contribution in [1.29, 1.82) is 0 Å². The fourth-order valence-corrected chi connectivity index (χ4v) is 1.02. The van der Waals surface area contributed by atoms with Crippen LogP contribution in [-0.4, -0.2) is 7.85 Å². The van der Waals surface area contributed by atoms with Gasteiger partial charge in [-0.25, -0.2) is 4.39 Å². The minimum absolute atomic E-state index is 0.261. The summed E-state index contributed by atoms with van der Waals surface area (Å²) in [6.45, 7) is 0. The predicted molar refractivity (Wildman–Crippen MR) is 44.5 cm³/mol. The molecule has 0 heterocycles. The molecule has 0 aliphatic heterocycles. The molecular weight excluding hydrogens is 217 g/mol. The van der Waals surface area contributed by atoms with Gasteiger partial charge in [-0.05, 0) is 28.1 Å². The highest BCUT2D eigenvalue weighted by Gasteiger charge is 2.02. The SMILES string of the molecule is [B]c1cc(Cl)cc(F)c1Br. The zero-order valence-corrected chi connectivity index (χ0v) is 7.21. The largest absolute Gasteiger partial charge is 0.206 e. The monoisotopic (exact) mass is 218 g/mol. The van der Waals surface area contributed by atoms with Gasteiger partial charge in [-0.15, -0.1) is 0 Å². The van der Waals surface area contributed by atoms with E-state index in [1.54, 1.807) is 0 Å². The summed E-state index contributed by atoms with van der Waals surface area (Å²) < 4.78 is 12.9. The van der Waals surface area contributed by atoms with E-state index < -0.39 is 5.82 Å². The molecule has 10 heavy (non-hydrogen) atoms. The molecule has 1 aromatic carbocycles. The second-order valence-corrected chi connectivity index (χ2v) is 3.02. The fraction of sp³-hybridized carbons (Fsp3) is 0. The lowest BCUT2D eigenvalue weighted by Gasteiger charge is -1.99. The molecule has 0 nitrogen and oxygen atoms in total. The summed E-state index contributed by atoms with van der Waals surface area (Å²) >= 11 is 8.44. The lowest BCUT2D eigenvalue weighted by atomic mass is 9.96. The van der Waals surface area contributed by atoms with Crippen LogP contribution in [0.3, 0.4) is 0 Å². The van der Waals surface area contributed by atoms with Gasteiger partial charge < -0.3 is 0 Å². The van der Waals surface area contributed by atoms with Crippen LogP contribution in [0.1, 0.15) is 0 Å². The molecule has 0 saturated heterocycles. The van der Waals surface area contributed by atoms with Gasteiger partial charge in [0.15, 0.2) is 0 Å². The molecule has 0 spiro atoms. The van der Waals surface area contributed by atoms with Crippen LogP contribution >= 0.6 is 27.5 Å². The average molecular weight is 219 g/mol. The fourth-order valence-electron chi connectivity index (χ4n) is 0.576. The van der Waals surface area contributed by atoms with Gasteiger partial charge in [0.1, 0.15) is 13.7 Å². The van der Waals surface area contributed by atoms with Gasteiger partial charge in [0.2, 0.25) is 0 Å². The minimum Gasteiger partial charge on any atom is -0.206 e. The van der Waals surface area contributed by atoms with Gasteiger partial charge in [-0.2, -0.15) is 0 Å². The maximum atomic E-state index is 12.6. The van der Waals surface area contributed by atoms with Crippen molar-refractivity contribution in [2.75, 3.05) is 0 Å². The molecule has 0 unspecified atom stereocenters. The van der Waals surface area contributed by atoms with Gasteiger partial charge in [0.05, 0.1) is 0 Å². The normalized spacial score (nSPS) is 9.90. The Bertz CT molecular complexity index is 241. The maximum Gasteiger partial charge on any atom is 0.138 e. The number of rotatable bonds is 0. The van der Waals surface area contributed by atoms with E-state index in [1.165, 1.54) is 12.1 Å². The first kappa shape index (κ1) is 8.09. The van der Waals surface area contributed by atoms with Crippen molar-refractivity contribution in [3.05, 3.63) is 27.4 Å². The smallest absolute Gasteiger partial charge is 0.138 e. The van der Waals surface area contributed by atoms with Crippen LogP contribution in [0, 0.1) is 5.82 Å². The van der Waals surface area contributed by atoms with Gasteiger partial charge in [0, 0.05) is 9.50 Å². The van der Waals surface area contributed by atoms with E-state index in [1.807, 2.05) is 0 Å². The van der Waals surface area contributed by atoms with Crippen LogP contribution in [0.4, 0.5) is 4.39 Å². The summed E-state index contributed by atoms with van der Waals surface area (Å²) in [5.74, 6) is -0.440. The molecule has 0 N–H and O–H groups in total. The van der Waals surface area contributed by atoms with Crippen molar-refractivity contribution in [2.24, 2.45) is 0 Å². The van der Waals surface area contributed by atoms with E-state index in [-0.39, 0.29) is 4.47 Å². The van der Waals surface area contributed by atoms with Crippen LogP contribution in [0.15, 0.2) is 16.6 Å². The second-order valence-electron chi connectivity index (χ2n) is 1.79. The molecule has 0 fully saturated rings. The Morgan fingerprint density at radius 1 is 1.50 bits per heavy atom. The lowest BCUT2D eigenvalue weighted by molar-refractivity contribution is 0.622. The summed E-state index contributed by atoms with van der Waals surface area (Å²) in [4.78, 5) is 0. The molecule has 0 aromatic heterocycles. The summed E-state index contributed by atoms with van der Waals surface area (Å²) in [6, 6.07) is 2.68. The molecule has 0 saturated carbocycles. The zero-order chi connectivity index (χ0) is 7.72. The first-order chi connectivity index (χ1) is 4.61. The third-order valence-electron chi connectivity index (χ3n) is 1.02. The highest BCUT2D eigenvalue weighted by atomic mass is 79.9. The number of hydrogen-bond donors (Lipinski definition) is 0. The van der Waals surface area contributed by atoms with E-state index >= 15 is 0 Å². The molecule has 0 aliphatic carbocycles. The zero-order valence-electron chi connectivity index (χ0n) is 4.87. The van der Waals surface area contributed by atoms with E-state index in [0.717, 1.165) is 0 Å². The molecule has 0 aliphatic rings. The molecule has 0 bridgehead atoms. The molecule has 0 atom stereocenters. The van der Waals surface area contributed by atoms with E-state index in [0.29, 0.717) is 10.5 Å². The number of hydrogen-bond acceptors (Lipinski definition) is 0. The topological polar surface area (TPSA) is 0 Å². The highest BCUT2D eigenvalue weighted by molar-refractivity contribution is 9.10. The van der Waals surface area contributed by atoms with Gasteiger partial charge in [-0.1, -0.05) is 17.1 Å². The van der Waals surface area contributed by atoms with Gasteiger partial charge >= 0.3 is 0 Å². The Morgan fingerprint density at radius 3 is 2.60 bits per heavy atom. The molecule has 2 radical (unpaired) electrons. The standard InChI is InChI=1S/C6H2BBrClF/c7-4-1-3(9)2-5(10)6(4)8/h1-2H. The Balaban J connectivity index is 3.31. The Kier molecular flexibility index (Phi) is 2.37. The van der Waals surface area contributed by atoms with Crippen LogP contribution in [-0.2, 0) is 0 Å². The first-order valence-corrected chi connectivity index (χ1v) is 3.68. The summed E-state index contributed by atoms with van der Waals surface area (Å²) in [6.07, 6.45) is 0. The van der Waals surface area contributed by atoms with E-state index in [4.69, 9.17) is 19.4 Å². The van der Waals surface area contributed by atoms with Crippen molar-refractivity contribution >= 4 is 40.8 Å². The Hall–Kier alpha value is -0.0151. The Morgan fingerprint density at radius 2 is 2.10 bits per heavy atom. The summed E-state index contributed by atoms with van der Waals surface area (Å²) in [5.41, 5.74) is 0.310. The molecule has 1 aromatic rings. The Labute approximate surface area is 72.9 Å². The highest BCUT2D eigenvalue weighted by Crippen LogP contribution is 2.16. The maximum absolute atomic E-state index is 12.6. The lowest BCUT2D eigenvalue weighted by Crippen LogP contribution is -2.05. The third-order valence-corrected chi connectivity index (χ3v) is 2.08. The quantitative estimate of drug-likeness (QED) is 0.462. The third kappa shape index (κ3) is 1.52. The van der Waals surface area contributed by atoms with Crippen molar-refractivity contribution in [3.63, 3.8) is 0 Å². The van der Waals surface area contributed by atoms with Crippen molar-refractivity contribution in [1.82, 2.24) is 0 Å². The number of benzene rings is 1. The molecule has 50 valence electrons. The van der Waals surface area contributed by atoms with Gasteiger partial charge in [0.25, 0.3) is 0 Å². The molecule has 4 heteroatoms. The van der Waals surface area contributed by atoms with Crippen LogP contribution < -0.4 is 5.46 Å². The van der Waals surface area contributed by atoms with Crippen LogP contribution in [0.2, 0.25) is 5.02 Å². The second kappa shape index (κ2) is 2.93. The van der Waals surface area contributed by atoms with E-state index in [9.17, 15) is 4.39 Å². The summed E-state index contributed by atoms with van der Waals surface area (Å²) in [7, 11) is 5.35. The summed E-state index contributed by atoms with van der Waals surface area (Å²) in [5, 5.41) is 0.304. The molecule has 0 amide bonds. The minimum atomic E-state index is -0.440. The van der Waals surface area contributed by atoms with Crippen molar-refractivity contribution < 1.29 is 4.39 Å². The average Bonchev–Trinajstić information content (AvgIpc) is 1.82. The van der Waals surface area contributed by atoms with Crippen molar-refractivity contribution in [3.8, 4) is 0 Å². The van der Waals surface area contributed by atoms with Crippen LogP contribution in [0.25, 0.3) is 0 Å². The predicted octanol–water partition coefficient (Wildman–Crippen LogP) is 2.04.